The molecule has 2 aromatic rings. The molecule has 3 nitrogen and oxygen atoms in total. The van der Waals surface area contributed by atoms with Gasteiger partial charge in [-0.25, -0.2) is 0 Å². The van der Waals surface area contributed by atoms with Crippen LogP contribution < -0.4 is 0 Å². The van der Waals surface area contributed by atoms with Crippen LogP contribution in [0.5, 0.6) is 0 Å². The van der Waals surface area contributed by atoms with E-state index >= 15 is 0 Å². The van der Waals surface area contributed by atoms with E-state index < -0.39 is 0 Å². The first-order valence-corrected chi connectivity index (χ1v) is 7.11. The van der Waals surface area contributed by atoms with Gasteiger partial charge in [-0.1, -0.05) is 41.4 Å². The highest BCUT2D eigenvalue weighted by molar-refractivity contribution is 9.10. The summed E-state index contributed by atoms with van der Waals surface area (Å²) in [6, 6.07) is 6.23. The number of hydrogen-bond donors (Lipinski definition) is 1. The first kappa shape index (κ1) is 13.5. The molecular weight excluding hydrogens is 310 g/mol. The Morgan fingerprint density at radius 3 is 2.83 bits per heavy atom. The fourth-order valence-electron chi connectivity index (χ4n) is 1.87. The number of nitrogens with zero attached hydrogens (tertiary/aromatic N) is 2. The lowest BCUT2D eigenvalue weighted by Crippen LogP contribution is -2.06. The molecule has 0 bridgehead atoms. The van der Waals surface area contributed by atoms with Gasteiger partial charge in [0.05, 0.1) is 0 Å². The van der Waals surface area contributed by atoms with Crippen molar-refractivity contribution in [3.05, 3.63) is 33.0 Å². The largest absolute Gasteiger partial charge is 0.300 e. The molecule has 1 aromatic carbocycles. The van der Waals surface area contributed by atoms with E-state index in [1.54, 1.807) is 0 Å². The van der Waals surface area contributed by atoms with E-state index in [1.165, 1.54) is 5.56 Å². The summed E-state index contributed by atoms with van der Waals surface area (Å²) in [7, 11) is 0. The Labute approximate surface area is 120 Å². The van der Waals surface area contributed by atoms with Crippen molar-refractivity contribution in [3.8, 4) is 11.4 Å². The normalized spacial score (nSPS) is 11.2. The van der Waals surface area contributed by atoms with Crippen LogP contribution in [0.1, 0.15) is 19.4 Å². The zero-order valence-electron chi connectivity index (χ0n) is 10.7. The molecule has 0 aliphatic heterocycles. The van der Waals surface area contributed by atoms with Gasteiger partial charge in [-0.15, -0.1) is 0 Å². The second-order valence-corrected chi connectivity index (χ2v) is 6.08. The highest BCUT2D eigenvalue weighted by Gasteiger charge is 2.13. The lowest BCUT2D eigenvalue weighted by molar-refractivity contribution is 0.521. The van der Waals surface area contributed by atoms with E-state index in [9.17, 15) is 0 Å². The van der Waals surface area contributed by atoms with Crippen molar-refractivity contribution in [2.24, 2.45) is 5.92 Å². The van der Waals surface area contributed by atoms with Crippen molar-refractivity contribution in [1.82, 2.24) is 14.8 Å². The van der Waals surface area contributed by atoms with Crippen molar-refractivity contribution in [1.29, 1.82) is 0 Å². The molecule has 96 valence electrons. The van der Waals surface area contributed by atoms with Gasteiger partial charge in [0, 0.05) is 16.6 Å². The second kappa shape index (κ2) is 5.36. The van der Waals surface area contributed by atoms with E-state index in [1.807, 2.05) is 6.07 Å². The summed E-state index contributed by atoms with van der Waals surface area (Å²) in [5.74, 6) is 1.42. The Morgan fingerprint density at radius 2 is 2.17 bits per heavy atom. The van der Waals surface area contributed by atoms with Gasteiger partial charge in [-0.2, -0.15) is 5.10 Å². The predicted molar refractivity (Wildman–Crippen MR) is 80.1 cm³/mol. The first-order chi connectivity index (χ1) is 8.49. The number of aromatic amines is 1. The number of benzene rings is 1. The summed E-state index contributed by atoms with van der Waals surface area (Å²) >= 11 is 8.87. The molecular formula is C13H16BrN3S. The van der Waals surface area contributed by atoms with E-state index in [0.717, 1.165) is 22.4 Å². The third kappa shape index (κ3) is 2.72. The van der Waals surface area contributed by atoms with Gasteiger partial charge < -0.3 is 0 Å². The number of aryl methyl sites for hydroxylation is 1. The fraction of sp³-hybridized carbons (Fsp3) is 0.385. The summed E-state index contributed by atoms with van der Waals surface area (Å²) in [5.41, 5.74) is 2.28. The minimum atomic E-state index is 0.525. The van der Waals surface area contributed by atoms with Gasteiger partial charge >= 0.3 is 0 Å². The van der Waals surface area contributed by atoms with Crippen molar-refractivity contribution in [2.45, 2.75) is 27.3 Å². The molecule has 1 heterocycles. The van der Waals surface area contributed by atoms with Crippen LogP contribution in [0.4, 0.5) is 0 Å². The molecule has 0 aliphatic carbocycles. The molecule has 0 aliphatic rings. The number of hydrogen-bond acceptors (Lipinski definition) is 2. The lowest BCUT2D eigenvalue weighted by Gasteiger charge is -2.11. The molecule has 0 saturated heterocycles. The maximum Gasteiger partial charge on any atom is 0.195 e. The SMILES string of the molecule is Cc1ccc(Br)c(-c2n[nH]c(=S)n2CC(C)C)c1. The monoisotopic (exact) mass is 325 g/mol. The summed E-state index contributed by atoms with van der Waals surface area (Å²) in [4.78, 5) is 0. The molecule has 2 rings (SSSR count). The van der Waals surface area contributed by atoms with Gasteiger partial charge in [0.15, 0.2) is 10.6 Å². The second-order valence-electron chi connectivity index (χ2n) is 4.84. The number of H-pyrrole nitrogens is 1. The number of halogens is 1. The van der Waals surface area contributed by atoms with Crippen LogP contribution in [0.2, 0.25) is 0 Å². The summed E-state index contributed by atoms with van der Waals surface area (Å²) in [6.45, 7) is 7.28. The van der Waals surface area contributed by atoms with Gasteiger partial charge in [0.2, 0.25) is 0 Å². The molecule has 0 amide bonds. The zero-order valence-corrected chi connectivity index (χ0v) is 13.1. The predicted octanol–water partition coefficient (Wildman–Crippen LogP) is 4.33. The molecule has 0 fully saturated rings. The highest BCUT2D eigenvalue weighted by atomic mass is 79.9. The smallest absolute Gasteiger partial charge is 0.195 e. The number of rotatable bonds is 3. The summed E-state index contributed by atoms with van der Waals surface area (Å²) in [6.07, 6.45) is 0. The number of nitrogens with one attached hydrogen (secondary N) is 1. The Bertz CT molecular complexity index is 613. The molecule has 0 atom stereocenters. The van der Waals surface area contributed by atoms with Crippen LogP contribution in [-0.2, 0) is 6.54 Å². The van der Waals surface area contributed by atoms with Crippen molar-refractivity contribution < 1.29 is 0 Å². The molecule has 18 heavy (non-hydrogen) atoms. The molecule has 1 N–H and O–H groups in total. The lowest BCUT2D eigenvalue weighted by atomic mass is 10.1. The molecule has 1 aromatic heterocycles. The van der Waals surface area contributed by atoms with Gasteiger partial charge in [0.25, 0.3) is 0 Å². The van der Waals surface area contributed by atoms with Gasteiger partial charge in [-0.05, 0) is 37.2 Å². The quantitative estimate of drug-likeness (QED) is 0.852. The van der Waals surface area contributed by atoms with Crippen molar-refractivity contribution in [2.75, 3.05) is 0 Å². The maximum absolute atomic E-state index is 5.30. The van der Waals surface area contributed by atoms with Crippen LogP contribution in [0, 0.1) is 17.6 Å². The summed E-state index contributed by atoms with van der Waals surface area (Å²) in [5, 5.41) is 7.24. The Kier molecular flexibility index (Phi) is 4.02. The average molecular weight is 326 g/mol. The zero-order chi connectivity index (χ0) is 13.3. The Balaban J connectivity index is 2.57. The van der Waals surface area contributed by atoms with E-state index in [0.29, 0.717) is 10.7 Å². The van der Waals surface area contributed by atoms with Crippen molar-refractivity contribution in [3.63, 3.8) is 0 Å². The van der Waals surface area contributed by atoms with Crippen molar-refractivity contribution >= 4 is 28.1 Å². The van der Waals surface area contributed by atoms with E-state index in [-0.39, 0.29) is 0 Å². The van der Waals surface area contributed by atoms with Crippen LogP contribution >= 0.6 is 28.1 Å². The highest BCUT2D eigenvalue weighted by Crippen LogP contribution is 2.28. The van der Waals surface area contributed by atoms with Crippen LogP contribution in [-0.4, -0.2) is 14.8 Å². The third-order valence-electron chi connectivity index (χ3n) is 2.67. The molecule has 0 unspecified atom stereocenters. The van der Waals surface area contributed by atoms with Crippen LogP contribution in [0.15, 0.2) is 22.7 Å². The molecule has 0 spiro atoms. The maximum atomic E-state index is 5.30. The minimum Gasteiger partial charge on any atom is -0.300 e. The fourth-order valence-corrected chi connectivity index (χ4v) is 2.50. The summed E-state index contributed by atoms with van der Waals surface area (Å²) < 4.78 is 3.76. The molecule has 0 saturated carbocycles. The standard InChI is InChI=1S/C13H16BrN3S/c1-8(2)7-17-12(15-16-13(17)18)10-6-9(3)4-5-11(10)14/h4-6,8H,7H2,1-3H3,(H,16,18). The van der Waals surface area contributed by atoms with Crippen LogP contribution in [0.3, 0.4) is 0 Å². The van der Waals surface area contributed by atoms with E-state index in [4.69, 9.17) is 12.2 Å². The third-order valence-corrected chi connectivity index (χ3v) is 3.67. The average Bonchev–Trinajstić information content (AvgIpc) is 2.64. The minimum absolute atomic E-state index is 0.525. The molecule has 0 radical (unpaired) electrons. The Morgan fingerprint density at radius 1 is 1.44 bits per heavy atom. The Hall–Kier alpha value is -0.940. The van der Waals surface area contributed by atoms with Gasteiger partial charge in [0.1, 0.15) is 0 Å². The topological polar surface area (TPSA) is 33.6 Å². The first-order valence-electron chi connectivity index (χ1n) is 5.90. The van der Waals surface area contributed by atoms with Gasteiger partial charge in [-0.3, -0.25) is 9.67 Å². The van der Waals surface area contributed by atoms with Crippen LogP contribution in [0.25, 0.3) is 11.4 Å². The molecule has 5 heteroatoms. The number of aromatic nitrogens is 3. The van der Waals surface area contributed by atoms with E-state index in [2.05, 4.69) is 63.6 Å².